The zero-order valence-corrected chi connectivity index (χ0v) is 20.0. The number of carbonyl (C=O) groups excluding carboxylic acids is 1. The summed E-state index contributed by atoms with van der Waals surface area (Å²) in [6.45, 7) is 4.58. The van der Waals surface area contributed by atoms with Gasteiger partial charge in [0.05, 0.1) is 18.5 Å². The lowest BCUT2D eigenvalue weighted by molar-refractivity contribution is 0.0951. The average Bonchev–Trinajstić information content (AvgIpc) is 2.77. The van der Waals surface area contributed by atoms with E-state index in [1.807, 2.05) is 37.3 Å². The molecule has 0 aliphatic carbocycles. The standard InChI is InChI=1S/C25H27ClN2O3S/c1-18-9-14-23(26)15-24(18)28(32(3,30)31)17-20-10-12-22(13-11-20)25(29)27-16-19(2)21-7-5-4-6-8-21/h4-15,19H,16-17H2,1-3H3,(H,27,29)/t19-/m1/s1. The van der Waals surface area contributed by atoms with E-state index < -0.39 is 10.0 Å². The number of halogens is 1. The molecule has 0 saturated carbocycles. The summed E-state index contributed by atoms with van der Waals surface area (Å²) in [4.78, 5) is 12.5. The van der Waals surface area contributed by atoms with Gasteiger partial charge in [0.1, 0.15) is 0 Å². The van der Waals surface area contributed by atoms with Crippen molar-refractivity contribution in [2.75, 3.05) is 17.1 Å². The molecule has 0 radical (unpaired) electrons. The van der Waals surface area contributed by atoms with Gasteiger partial charge in [-0.25, -0.2) is 8.42 Å². The highest BCUT2D eigenvalue weighted by Gasteiger charge is 2.20. The lowest BCUT2D eigenvalue weighted by atomic mass is 10.0. The van der Waals surface area contributed by atoms with Crippen molar-refractivity contribution < 1.29 is 13.2 Å². The lowest BCUT2D eigenvalue weighted by Gasteiger charge is -2.24. The monoisotopic (exact) mass is 470 g/mol. The van der Waals surface area contributed by atoms with Gasteiger partial charge in [0, 0.05) is 17.1 Å². The van der Waals surface area contributed by atoms with E-state index in [4.69, 9.17) is 11.6 Å². The van der Waals surface area contributed by atoms with Gasteiger partial charge >= 0.3 is 0 Å². The minimum Gasteiger partial charge on any atom is -0.351 e. The van der Waals surface area contributed by atoms with Crippen LogP contribution < -0.4 is 9.62 Å². The van der Waals surface area contributed by atoms with E-state index in [0.717, 1.165) is 11.1 Å². The van der Waals surface area contributed by atoms with Gasteiger partial charge in [-0.1, -0.05) is 67.1 Å². The van der Waals surface area contributed by atoms with Crippen LogP contribution >= 0.6 is 11.6 Å². The lowest BCUT2D eigenvalue weighted by Crippen LogP contribution is -2.30. The van der Waals surface area contributed by atoms with Gasteiger partial charge in [-0.3, -0.25) is 9.10 Å². The largest absolute Gasteiger partial charge is 0.351 e. The van der Waals surface area contributed by atoms with Crippen LogP contribution in [-0.2, 0) is 16.6 Å². The second kappa shape index (κ2) is 10.2. The molecule has 0 aromatic heterocycles. The van der Waals surface area contributed by atoms with Crippen molar-refractivity contribution in [3.05, 3.63) is 100 Å². The molecule has 3 aromatic rings. The van der Waals surface area contributed by atoms with Crippen molar-refractivity contribution in [2.45, 2.75) is 26.3 Å². The normalized spacial score (nSPS) is 12.2. The van der Waals surface area contributed by atoms with Crippen LogP contribution in [0, 0.1) is 6.92 Å². The first-order chi connectivity index (χ1) is 15.1. The molecule has 1 N–H and O–H groups in total. The highest BCUT2D eigenvalue weighted by molar-refractivity contribution is 7.92. The van der Waals surface area contributed by atoms with Crippen LogP contribution in [-0.4, -0.2) is 27.1 Å². The quantitative estimate of drug-likeness (QED) is 0.495. The van der Waals surface area contributed by atoms with Gasteiger partial charge in [0.2, 0.25) is 10.0 Å². The molecular weight excluding hydrogens is 444 g/mol. The smallest absolute Gasteiger partial charge is 0.251 e. The summed E-state index contributed by atoms with van der Waals surface area (Å²) in [6.07, 6.45) is 1.17. The van der Waals surface area contributed by atoms with Crippen LogP contribution in [0.3, 0.4) is 0 Å². The number of nitrogens with one attached hydrogen (secondary N) is 1. The van der Waals surface area contributed by atoms with Crippen LogP contribution in [0.25, 0.3) is 0 Å². The van der Waals surface area contributed by atoms with Crippen LogP contribution in [0.2, 0.25) is 5.02 Å². The second-order valence-corrected chi connectivity index (χ2v) is 10.3. The zero-order chi connectivity index (χ0) is 23.3. The molecule has 1 atom stereocenters. The van der Waals surface area contributed by atoms with Crippen LogP contribution in [0.1, 0.15) is 39.9 Å². The molecule has 0 saturated heterocycles. The third kappa shape index (κ3) is 6.11. The number of sulfonamides is 1. The van der Waals surface area contributed by atoms with E-state index in [-0.39, 0.29) is 18.4 Å². The summed E-state index contributed by atoms with van der Waals surface area (Å²) in [6, 6.07) is 22.2. The highest BCUT2D eigenvalue weighted by atomic mass is 35.5. The van der Waals surface area contributed by atoms with E-state index in [0.29, 0.717) is 22.8 Å². The molecule has 0 bridgehead atoms. The van der Waals surface area contributed by atoms with Crippen molar-refractivity contribution in [1.82, 2.24) is 5.32 Å². The Bertz CT molecular complexity index is 1180. The van der Waals surface area contributed by atoms with Gasteiger partial charge in [-0.2, -0.15) is 0 Å². The molecule has 0 aliphatic heterocycles. The van der Waals surface area contributed by atoms with Crippen LogP contribution in [0.4, 0.5) is 5.69 Å². The molecule has 0 aliphatic rings. The molecule has 0 spiro atoms. The summed E-state index contributed by atoms with van der Waals surface area (Å²) in [5, 5.41) is 3.43. The van der Waals surface area contributed by atoms with Crippen molar-refractivity contribution >= 4 is 33.2 Å². The number of hydrogen-bond donors (Lipinski definition) is 1. The average molecular weight is 471 g/mol. The van der Waals surface area contributed by atoms with E-state index >= 15 is 0 Å². The number of amides is 1. The van der Waals surface area contributed by atoms with Crippen molar-refractivity contribution in [1.29, 1.82) is 0 Å². The van der Waals surface area contributed by atoms with Crippen LogP contribution in [0.5, 0.6) is 0 Å². The topological polar surface area (TPSA) is 66.5 Å². The second-order valence-electron chi connectivity index (χ2n) is 7.92. The Morgan fingerprint density at radius 1 is 1.03 bits per heavy atom. The van der Waals surface area contributed by atoms with Crippen LogP contribution in [0.15, 0.2) is 72.8 Å². The number of anilines is 1. The Labute approximate surface area is 195 Å². The Hall–Kier alpha value is -2.83. The van der Waals surface area contributed by atoms with E-state index in [9.17, 15) is 13.2 Å². The van der Waals surface area contributed by atoms with Crippen molar-refractivity contribution in [2.24, 2.45) is 0 Å². The summed E-state index contributed by atoms with van der Waals surface area (Å²) in [5.74, 6) is 0.0358. The Balaban J connectivity index is 1.70. The number of benzene rings is 3. The molecule has 0 unspecified atom stereocenters. The molecule has 5 nitrogen and oxygen atoms in total. The molecule has 7 heteroatoms. The fourth-order valence-corrected chi connectivity index (χ4v) is 4.51. The number of rotatable bonds is 8. The van der Waals surface area contributed by atoms with E-state index in [1.165, 1.54) is 16.1 Å². The number of hydrogen-bond acceptors (Lipinski definition) is 3. The Morgan fingerprint density at radius 2 is 1.69 bits per heavy atom. The first-order valence-electron chi connectivity index (χ1n) is 10.3. The van der Waals surface area contributed by atoms with Crippen molar-refractivity contribution in [3.8, 4) is 0 Å². The first kappa shape index (κ1) is 23.8. The first-order valence-corrected chi connectivity index (χ1v) is 12.5. The van der Waals surface area contributed by atoms with Gasteiger partial charge in [0.25, 0.3) is 5.91 Å². The SMILES string of the molecule is Cc1ccc(Cl)cc1N(Cc1ccc(C(=O)NC[C@@H](C)c2ccccc2)cc1)S(C)(=O)=O. The third-order valence-electron chi connectivity index (χ3n) is 5.32. The molecule has 0 fully saturated rings. The predicted molar refractivity (Wildman–Crippen MR) is 131 cm³/mol. The summed E-state index contributed by atoms with van der Waals surface area (Å²) in [5.41, 5.74) is 3.81. The number of carbonyl (C=O) groups is 1. The molecule has 3 rings (SSSR count). The molecule has 168 valence electrons. The van der Waals surface area contributed by atoms with Gasteiger partial charge in [-0.15, -0.1) is 0 Å². The molecule has 0 heterocycles. The summed E-state index contributed by atoms with van der Waals surface area (Å²) < 4.78 is 26.2. The predicted octanol–water partition coefficient (Wildman–Crippen LogP) is 5.15. The van der Waals surface area contributed by atoms with E-state index in [1.54, 1.807) is 42.5 Å². The maximum absolute atomic E-state index is 12.5. The minimum atomic E-state index is -3.53. The van der Waals surface area contributed by atoms with Gasteiger partial charge in [0.15, 0.2) is 0 Å². The van der Waals surface area contributed by atoms with E-state index in [2.05, 4.69) is 12.2 Å². The molecular formula is C25H27ClN2O3S. The Morgan fingerprint density at radius 3 is 2.31 bits per heavy atom. The molecule has 32 heavy (non-hydrogen) atoms. The zero-order valence-electron chi connectivity index (χ0n) is 18.4. The maximum atomic E-state index is 12.5. The van der Waals surface area contributed by atoms with Crippen molar-refractivity contribution in [3.63, 3.8) is 0 Å². The minimum absolute atomic E-state index is 0.146. The number of aryl methyl sites for hydroxylation is 1. The summed E-state index contributed by atoms with van der Waals surface area (Å²) in [7, 11) is -3.53. The fraction of sp³-hybridized carbons (Fsp3) is 0.240. The van der Waals surface area contributed by atoms with Gasteiger partial charge < -0.3 is 5.32 Å². The van der Waals surface area contributed by atoms with Gasteiger partial charge in [-0.05, 0) is 53.8 Å². The highest BCUT2D eigenvalue weighted by Crippen LogP contribution is 2.28. The number of nitrogens with zero attached hydrogens (tertiary/aromatic N) is 1. The third-order valence-corrected chi connectivity index (χ3v) is 6.68. The molecule has 3 aromatic carbocycles. The molecule has 1 amide bonds. The Kier molecular flexibility index (Phi) is 7.59. The maximum Gasteiger partial charge on any atom is 0.251 e. The summed E-state index contributed by atoms with van der Waals surface area (Å²) >= 11 is 6.09. The fourth-order valence-electron chi connectivity index (χ4n) is 3.41.